The van der Waals surface area contributed by atoms with E-state index in [0.29, 0.717) is 6.04 Å². The molecule has 1 aromatic carbocycles. The van der Waals surface area contributed by atoms with Crippen LogP contribution in [0, 0.1) is 0 Å². The first-order chi connectivity index (χ1) is 10.7. The zero-order valence-electron chi connectivity index (χ0n) is 14.1. The number of ether oxygens (including phenoxy) is 1. The van der Waals surface area contributed by atoms with Crippen LogP contribution in [0.2, 0.25) is 0 Å². The smallest absolute Gasteiger partial charge is 0.121 e. The predicted octanol–water partition coefficient (Wildman–Crippen LogP) is 3.78. The zero-order chi connectivity index (χ0) is 15.9. The van der Waals surface area contributed by atoms with Gasteiger partial charge in [0.05, 0.1) is 18.3 Å². The normalized spacial score (nSPS) is 11.4. The van der Waals surface area contributed by atoms with Gasteiger partial charge in [-0.3, -0.25) is 9.88 Å². The van der Waals surface area contributed by atoms with Crippen LogP contribution in [-0.2, 0) is 0 Å². The summed E-state index contributed by atoms with van der Waals surface area (Å²) >= 11 is 0. The molecule has 2 aromatic rings. The van der Waals surface area contributed by atoms with E-state index >= 15 is 0 Å². The lowest BCUT2D eigenvalue weighted by molar-refractivity contribution is 0.231. The summed E-state index contributed by atoms with van der Waals surface area (Å²) in [6, 6.07) is 8.63. The fourth-order valence-electron chi connectivity index (χ4n) is 2.67. The highest BCUT2D eigenvalue weighted by Crippen LogP contribution is 2.27. The minimum Gasteiger partial charge on any atom is -0.497 e. The van der Waals surface area contributed by atoms with Crippen molar-refractivity contribution in [2.45, 2.75) is 33.2 Å². The molecule has 0 bridgehead atoms. The molecule has 2 rings (SSSR count). The largest absolute Gasteiger partial charge is 0.497 e. The van der Waals surface area contributed by atoms with E-state index in [-0.39, 0.29) is 0 Å². The Morgan fingerprint density at radius 2 is 2.09 bits per heavy atom. The summed E-state index contributed by atoms with van der Waals surface area (Å²) in [7, 11) is 1.70. The molecule has 4 nitrogen and oxygen atoms in total. The Morgan fingerprint density at radius 1 is 1.27 bits per heavy atom. The van der Waals surface area contributed by atoms with E-state index in [1.807, 2.05) is 24.4 Å². The van der Waals surface area contributed by atoms with Crippen LogP contribution in [0.15, 0.2) is 30.5 Å². The fraction of sp³-hybridized carbons (Fsp3) is 0.500. The van der Waals surface area contributed by atoms with Crippen molar-refractivity contribution in [1.29, 1.82) is 0 Å². The molecule has 0 saturated heterocycles. The van der Waals surface area contributed by atoms with E-state index in [2.05, 4.69) is 42.0 Å². The zero-order valence-corrected chi connectivity index (χ0v) is 14.1. The molecule has 0 amide bonds. The maximum Gasteiger partial charge on any atom is 0.121 e. The van der Waals surface area contributed by atoms with Crippen LogP contribution in [-0.4, -0.2) is 42.7 Å². The van der Waals surface area contributed by atoms with Gasteiger partial charge in [-0.1, -0.05) is 13.0 Å². The maximum atomic E-state index is 5.39. The summed E-state index contributed by atoms with van der Waals surface area (Å²) < 4.78 is 5.39. The molecule has 1 aromatic heterocycles. The van der Waals surface area contributed by atoms with Crippen molar-refractivity contribution in [1.82, 2.24) is 9.88 Å². The number of anilines is 1. The van der Waals surface area contributed by atoms with Gasteiger partial charge in [-0.25, -0.2) is 0 Å². The van der Waals surface area contributed by atoms with Crippen molar-refractivity contribution in [2.75, 3.05) is 32.1 Å². The lowest BCUT2D eigenvalue weighted by Gasteiger charge is -2.26. The Morgan fingerprint density at radius 3 is 2.77 bits per heavy atom. The lowest BCUT2D eigenvalue weighted by atomic mass is 10.1. The first-order valence-corrected chi connectivity index (χ1v) is 8.06. The van der Waals surface area contributed by atoms with Crippen LogP contribution in [0.1, 0.15) is 27.2 Å². The minimum absolute atomic E-state index is 0.571. The first kappa shape index (κ1) is 16.6. The summed E-state index contributed by atoms with van der Waals surface area (Å²) in [5.41, 5.74) is 2.03. The Balaban J connectivity index is 2.10. The van der Waals surface area contributed by atoms with Crippen LogP contribution in [0.4, 0.5) is 5.69 Å². The highest BCUT2D eigenvalue weighted by Gasteiger charge is 2.09. The molecule has 120 valence electrons. The van der Waals surface area contributed by atoms with Crippen molar-refractivity contribution in [3.8, 4) is 5.75 Å². The van der Waals surface area contributed by atoms with Gasteiger partial charge in [0.2, 0.25) is 0 Å². The molecule has 0 saturated carbocycles. The number of nitrogens with one attached hydrogen (secondary N) is 1. The second-order valence-corrected chi connectivity index (χ2v) is 5.81. The van der Waals surface area contributed by atoms with Gasteiger partial charge in [0.15, 0.2) is 0 Å². The number of pyridine rings is 1. The van der Waals surface area contributed by atoms with Gasteiger partial charge >= 0.3 is 0 Å². The highest BCUT2D eigenvalue weighted by atomic mass is 16.5. The van der Waals surface area contributed by atoms with Gasteiger partial charge in [0.25, 0.3) is 0 Å². The summed E-state index contributed by atoms with van der Waals surface area (Å²) in [5, 5.41) is 4.62. The van der Waals surface area contributed by atoms with Crippen LogP contribution < -0.4 is 10.1 Å². The Hall–Kier alpha value is -1.81. The van der Waals surface area contributed by atoms with Crippen molar-refractivity contribution in [3.05, 3.63) is 30.5 Å². The molecule has 0 spiro atoms. The average Bonchev–Trinajstić information content (AvgIpc) is 2.53. The number of hydrogen-bond donors (Lipinski definition) is 1. The number of nitrogens with zero attached hydrogens (tertiary/aromatic N) is 2. The molecule has 22 heavy (non-hydrogen) atoms. The van der Waals surface area contributed by atoms with Crippen LogP contribution in [0.5, 0.6) is 5.75 Å². The van der Waals surface area contributed by atoms with Crippen molar-refractivity contribution in [2.24, 2.45) is 0 Å². The minimum atomic E-state index is 0.571. The number of aromatic nitrogens is 1. The molecule has 0 fully saturated rings. The maximum absolute atomic E-state index is 5.39. The highest BCUT2D eigenvalue weighted by molar-refractivity contribution is 5.91. The van der Waals surface area contributed by atoms with Gasteiger partial charge < -0.3 is 10.1 Å². The number of benzene rings is 1. The van der Waals surface area contributed by atoms with Crippen molar-refractivity contribution in [3.63, 3.8) is 0 Å². The molecule has 0 aliphatic heterocycles. The number of fused-ring (bicyclic) bond motifs is 1. The number of methoxy groups -OCH3 is 1. The third-order valence-electron chi connectivity index (χ3n) is 3.87. The van der Waals surface area contributed by atoms with E-state index in [1.54, 1.807) is 7.11 Å². The first-order valence-electron chi connectivity index (χ1n) is 8.06. The number of hydrogen-bond acceptors (Lipinski definition) is 4. The molecule has 0 aliphatic carbocycles. The van der Waals surface area contributed by atoms with Crippen molar-refractivity contribution < 1.29 is 4.74 Å². The molecule has 0 radical (unpaired) electrons. The molecule has 0 unspecified atom stereocenters. The van der Waals surface area contributed by atoms with Gasteiger partial charge in [0, 0.05) is 36.8 Å². The van der Waals surface area contributed by atoms with Gasteiger partial charge in [0.1, 0.15) is 5.75 Å². The number of rotatable bonds is 8. The second-order valence-electron chi connectivity index (χ2n) is 5.81. The van der Waals surface area contributed by atoms with E-state index in [4.69, 9.17) is 4.74 Å². The molecular weight excluding hydrogens is 274 g/mol. The van der Waals surface area contributed by atoms with Crippen LogP contribution >= 0.6 is 0 Å². The fourth-order valence-corrected chi connectivity index (χ4v) is 2.67. The standard InChI is InChI=1S/C18H27N3O/c1-5-10-21(14(2)3)11-9-19-17-13-16(22-4)12-15-7-6-8-20-18(15)17/h6-8,12-14,19H,5,9-11H2,1-4H3. The van der Waals surface area contributed by atoms with E-state index in [9.17, 15) is 0 Å². The monoisotopic (exact) mass is 301 g/mol. The van der Waals surface area contributed by atoms with Crippen LogP contribution in [0.3, 0.4) is 0 Å². The van der Waals surface area contributed by atoms with E-state index < -0.39 is 0 Å². The van der Waals surface area contributed by atoms with Gasteiger partial charge in [-0.15, -0.1) is 0 Å². The van der Waals surface area contributed by atoms with E-state index in [1.165, 1.54) is 6.42 Å². The molecular formula is C18H27N3O. The molecule has 1 N–H and O–H groups in total. The molecule has 4 heteroatoms. The van der Waals surface area contributed by atoms with Gasteiger partial charge in [-0.2, -0.15) is 0 Å². The quantitative estimate of drug-likeness (QED) is 0.805. The van der Waals surface area contributed by atoms with Gasteiger partial charge in [-0.05, 0) is 38.9 Å². The Bertz CT molecular complexity index is 598. The summed E-state index contributed by atoms with van der Waals surface area (Å²) in [6.45, 7) is 9.78. The summed E-state index contributed by atoms with van der Waals surface area (Å²) in [5.74, 6) is 0.859. The van der Waals surface area contributed by atoms with Crippen LogP contribution in [0.25, 0.3) is 10.9 Å². The second kappa shape index (κ2) is 7.99. The van der Waals surface area contributed by atoms with Crippen molar-refractivity contribution >= 4 is 16.6 Å². The third-order valence-corrected chi connectivity index (χ3v) is 3.87. The Labute approximate surface area is 133 Å². The topological polar surface area (TPSA) is 37.4 Å². The third kappa shape index (κ3) is 4.10. The summed E-state index contributed by atoms with van der Waals surface area (Å²) in [4.78, 5) is 6.98. The average molecular weight is 301 g/mol. The molecule has 0 atom stereocenters. The Kier molecular flexibility index (Phi) is 6.01. The molecule has 1 heterocycles. The predicted molar refractivity (Wildman–Crippen MR) is 93.8 cm³/mol. The van der Waals surface area contributed by atoms with E-state index in [0.717, 1.165) is 42.0 Å². The summed E-state index contributed by atoms with van der Waals surface area (Å²) in [6.07, 6.45) is 3.01. The lowest BCUT2D eigenvalue weighted by Crippen LogP contribution is -2.35. The molecule has 0 aliphatic rings. The SMILES string of the molecule is CCCN(CCNc1cc(OC)cc2cccnc12)C(C)C.